The van der Waals surface area contributed by atoms with E-state index in [9.17, 15) is 4.79 Å². The molecule has 0 N–H and O–H groups in total. The first kappa shape index (κ1) is 16.0. The summed E-state index contributed by atoms with van der Waals surface area (Å²) in [5, 5.41) is 0.637. The first-order valence-electron chi connectivity index (χ1n) is 7.14. The molecule has 0 aliphatic carbocycles. The number of hydrogen-bond acceptors (Lipinski definition) is 3. The molecule has 2 aromatic carbocycles. The molecule has 0 bridgehead atoms. The highest BCUT2D eigenvalue weighted by Gasteiger charge is 2.18. The number of nitrogens with zero attached hydrogens (tertiary/aromatic N) is 1. The van der Waals surface area contributed by atoms with Crippen molar-refractivity contribution < 1.29 is 14.3 Å². The maximum absolute atomic E-state index is 12.5. The molecule has 120 valence electrons. The van der Waals surface area contributed by atoms with E-state index in [1.54, 1.807) is 30.1 Å². The lowest BCUT2D eigenvalue weighted by molar-refractivity contribution is 0.0785. The second-order valence-corrected chi connectivity index (χ2v) is 6.03. The third-order valence-electron chi connectivity index (χ3n) is 3.56. The van der Waals surface area contributed by atoms with Crippen LogP contribution in [0.25, 0.3) is 0 Å². The van der Waals surface area contributed by atoms with E-state index >= 15 is 0 Å². The lowest BCUT2D eigenvalue weighted by Crippen LogP contribution is -2.26. The highest BCUT2D eigenvalue weighted by atomic mass is 35.5. The van der Waals surface area contributed by atoms with Gasteiger partial charge < -0.3 is 14.4 Å². The van der Waals surface area contributed by atoms with E-state index in [1.807, 2.05) is 18.2 Å². The molecule has 0 aromatic heterocycles. The number of fused-ring (bicyclic) bond motifs is 1. The van der Waals surface area contributed by atoms with Crippen LogP contribution in [0.5, 0.6) is 11.5 Å². The molecule has 4 nitrogen and oxygen atoms in total. The van der Waals surface area contributed by atoms with Crippen LogP contribution in [0, 0.1) is 0 Å². The molecule has 0 radical (unpaired) electrons. The maximum Gasteiger partial charge on any atom is 0.255 e. The molecule has 0 atom stereocenters. The lowest BCUT2D eigenvalue weighted by Gasteiger charge is -2.21. The zero-order chi connectivity index (χ0) is 16.4. The summed E-state index contributed by atoms with van der Waals surface area (Å²) in [5.41, 5.74) is 1.34. The van der Waals surface area contributed by atoms with Gasteiger partial charge in [0.1, 0.15) is 13.2 Å². The van der Waals surface area contributed by atoms with Crippen molar-refractivity contribution in [3.8, 4) is 11.5 Å². The molecular formula is C17H15Cl2NO3. The first-order chi connectivity index (χ1) is 11.1. The predicted molar refractivity (Wildman–Crippen MR) is 89.7 cm³/mol. The molecule has 1 aliphatic rings. The molecule has 0 fully saturated rings. The summed E-state index contributed by atoms with van der Waals surface area (Å²) in [5.74, 6) is 1.25. The smallest absolute Gasteiger partial charge is 0.255 e. The number of halogens is 2. The fourth-order valence-corrected chi connectivity index (χ4v) is 2.79. The molecule has 0 saturated carbocycles. The molecule has 2 aromatic rings. The highest BCUT2D eigenvalue weighted by molar-refractivity contribution is 6.43. The van der Waals surface area contributed by atoms with E-state index in [-0.39, 0.29) is 10.9 Å². The van der Waals surface area contributed by atoms with Crippen LogP contribution in [-0.2, 0) is 6.54 Å². The minimum atomic E-state index is -0.188. The third-order valence-corrected chi connectivity index (χ3v) is 4.37. The number of carbonyl (C=O) groups excluding carboxylic acids is 1. The van der Waals surface area contributed by atoms with Crippen molar-refractivity contribution >= 4 is 29.1 Å². The molecular weight excluding hydrogens is 337 g/mol. The average Bonchev–Trinajstić information content (AvgIpc) is 2.56. The highest BCUT2D eigenvalue weighted by Crippen LogP contribution is 2.31. The summed E-state index contributed by atoms with van der Waals surface area (Å²) in [6.45, 7) is 1.51. The van der Waals surface area contributed by atoms with Gasteiger partial charge in [-0.2, -0.15) is 0 Å². The van der Waals surface area contributed by atoms with Crippen molar-refractivity contribution in [1.82, 2.24) is 4.90 Å². The fraction of sp³-hybridized carbons (Fsp3) is 0.235. The Bertz CT molecular complexity index is 749. The van der Waals surface area contributed by atoms with Crippen molar-refractivity contribution in [2.75, 3.05) is 20.3 Å². The molecule has 0 spiro atoms. The number of rotatable bonds is 3. The number of ether oxygens (including phenoxy) is 2. The zero-order valence-electron chi connectivity index (χ0n) is 12.5. The van der Waals surface area contributed by atoms with E-state index in [0.29, 0.717) is 36.1 Å². The van der Waals surface area contributed by atoms with Gasteiger partial charge in [0.25, 0.3) is 5.91 Å². The quantitative estimate of drug-likeness (QED) is 0.837. The predicted octanol–water partition coefficient (Wildman–Crippen LogP) is 4.04. The Labute approximate surface area is 144 Å². The largest absolute Gasteiger partial charge is 0.486 e. The second kappa shape index (κ2) is 6.69. The van der Waals surface area contributed by atoms with Gasteiger partial charge in [0.15, 0.2) is 11.5 Å². The average molecular weight is 352 g/mol. The van der Waals surface area contributed by atoms with E-state index in [4.69, 9.17) is 32.7 Å². The zero-order valence-corrected chi connectivity index (χ0v) is 14.0. The van der Waals surface area contributed by atoms with Crippen LogP contribution in [0.4, 0.5) is 0 Å². The summed E-state index contributed by atoms with van der Waals surface area (Å²) >= 11 is 12.1. The van der Waals surface area contributed by atoms with Gasteiger partial charge in [-0.1, -0.05) is 35.3 Å². The molecule has 6 heteroatoms. The van der Waals surface area contributed by atoms with Gasteiger partial charge in [-0.05, 0) is 29.8 Å². The van der Waals surface area contributed by atoms with E-state index in [2.05, 4.69) is 0 Å². The van der Waals surface area contributed by atoms with Gasteiger partial charge in [-0.15, -0.1) is 0 Å². The molecule has 0 saturated heterocycles. The van der Waals surface area contributed by atoms with E-state index in [0.717, 1.165) is 11.3 Å². The summed E-state index contributed by atoms with van der Waals surface area (Å²) < 4.78 is 11.1. The van der Waals surface area contributed by atoms with Crippen LogP contribution in [0.1, 0.15) is 15.9 Å². The first-order valence-corrected chi connectivity index (χ1v) is 7.90. The Hall–Kier alpha value is -1.91. The van der Waals surface area contributed by atoms with Crippen LogP contribution in [0.3, 0.4) is 0 Å². The maximum atomic E-state index is 12.5. The molecule has 1 amide bonds. The van der Waals surface area contributed by atoms with Crippen LogP contribution in [0.15, 0.2) is 36.4 Å². The minimum absolute atomic E-state index is 0.188. The second-order valence-electron chi connectivity index (χ2n) is 5.24. The van der Waals surface area contributed by atoms with Crippen molar-refractivity contribution in [3.63, 3.8) is 0 Å². The van der Waals surface area contributed by atoms with Gasteiger partial charge >= 0.3 is 0 Å². The lowest BCUT2D eigenvalue weighted by atomic mass is 10.1. The van der Waals surface area contributed by atoms with Gasteiger partial charge in [0.2, 0.25) is 0 Å². The van der Waals surface area contributed by atoms with E-state index < -0.39 is 0 Å². The Balaban J connectivity index is 1.77. The van der Waals surface area contributed by atoms with Gasteiger partial charge in [-0.3, -0.25) is 4.79 Å². The van der Waals surface area contributed by atoms with Crippen LogP contribution in [0.2, 0.25) is 10.0 Å². The van der Waals surface area contributed by atoms with Crippen molar-refractivity contribution in [1.29, 1.82) is 0 Å². The number of hydrogen-bond donors (Lipinski definition) is 0. The van der Waals surface area contributed by atoms with Crippen molar-refractivity contribution in [2.45, 2.75) is 6.54 Å². The van der Waals surface area contributed by atoms with Crippen LogP contribution >= 0.6 is 23.2 Å². The number of carbonyl (C=O) groups is 1. The van der Waals surface area contributed by atoms with Gasteiger partial charge in [-0.25, -0.2) is 0 Å². The fourth-order valence-electron chi connectivity index (χ4n) is 2.41. The molecule has 1 aliphatic heterocycles. The Morgan fingerprint density at radius 2 is 1.87 bits per heavy atom. The van der Waals surface area contributed by atoms with Crippen molar-refractivity contribution in [2.24, 2.45) is 0 Å². The van der Waals surface area contributed by atoms with Gasteiger partial charge in [0, 0.05) is 13.6 Å². The normalized spacial score (nSPS) is 12.8. The Morgan fingerprint density at radius 1 is 1.13 bits per heavy atom. The molecule has 1 heterocycles. The topological polar surface area (TPSA) is 38.8 Å². The van der Waals surface area contributed by atoms with Crippen molar-refractivity contribution in [3.05, 3.63) is 57.6 Å². The molecule has 0 unspecified atom stereocenters. The minimum Gasteiger partial charge on any atom is -0.486 e. The molecule has 3 rings (SSSR count). The SMILES string of the molecule is CN(Cc1ccc2c(c1)OCCO2)C(=O)c1cccc(Cl)c1Cl. The van der Waals surface area contributed by atoms with E-state index in [1.165, 1.54) is 0 Å². The summed E-state index contributed by atoms with van der Waals surface area (Å²) in [6.07, 6.45) is 0. The standard InChI is InChI=1S/C17H15Cl2NO3/c1-20(17(21)12-3-2-4-13(18)16(12)19)10-11-5-6-14-15(9-11)23-8-7-22-14/h2-6,9H,7-8,10H2,1H3. The summed E-state index contributed by atoms with van der Waals surface area (Å²) in [4.78, 5) is 14.1. The summed E-state index contributed by atoms with van der Waals surface area (Å²) in [6, 6.07) is 10.7. The summed E-state index contributed by atoms with van der Waals surface area (Å²) in [7, 11) is 1.72. The Morgan fingerprint density at radius 3 is 2.65 bits per heavy atom. The monoisotopic (exact) mass is 351 g/mol. The number of benzene rings is 2. The molecule has 23 heavy (non-hydrogen) atoms. The van der Waals surface area contributed by atoms with Crippen LogP contribution in [-0.4, -0.2) is 31.1 Å². The number of amides is 1. The van der Waals surface area contributed by atoms with Gasteiger partial charge in [0.05, 0.1) is 15.6 Å². The van der Waals surface area contributed by atoms with Crippen LogP contribution < -0.4 is 9.47 Å². The third kappa shape index (κ3) is 3.38. The Kier molecular flexibility index (Phi) is 4.64.